The Morgan fingerprint density at radius 1 is 1.05 bits per heavy atom. The molecule has 0 aliphatic rings. The quantitative estimate of drug-likeness (QED) is 0.690. The number of ether oxygens (including phenoxy) is 1. The number of hydrogen-bond donors (Lipinski definition) is 1. The SMILES string of the molecule is Nc1cccc(CC(=O)OCc2ccc(F)c(F)c2)c1. The summed E-state index contributed by atoms with van der Waals surface area (Å²) in [6, 6.07) is 10.3. The third-order valence-electron chi connectivity index (χ3n) is 2.68. The summed E-state index contributed by atoms with van der Waals surface area (Å²) in [6.45, 7) is -0.0989. The Morgan fingerprint density at radius 2 is 1.85 bits per heavy atom. The second-order valence-electron chi connectivity index (χ2n) is 4.33. The molecule has 0 heterocycles. The van der Waals surface area contributed by atoms with E-state index in [1.807, 2.05) is 0 Å². The maximum Gasteiger partial charge on any atom is 0.310 e. The Bertz CT molecular complexity index is 629. The molecule has 2 N–H and O–H groups in total. The molecule has 0 spiro atoms. The molecular formula is C15H13F2NO2. The molecule has 0 aliphatic heterocycles. The predicted octanol–water partition coefficient (Wildman–Crippen LogP) is 2.83. The van der Waals surface area contributed by atoms with Gasteiger partial charge >= 0.3 is 5.97 Å². The molecule has 2 aromatic carbocycles. The van der Waals surface area contributed by atoms with E-state index in [1.165, 1.54) is 6.07 Å². The van der Waals surface area contributed by atoms with E-state index in [2.05, 4.69) is 0 Å². The zero-order valence-electron chi connectivity index (χ0n) is 10.6. The average Bonchev–Trinajstić information content (AvgIpc) is 2.40. The van der Waals surface area contributed by atoms with Crippen molar-refractivity contribution < 1.29 is 18.3 Å². The lowest BCUT2D eigenvalue weighted by atomic mass is 10.1. The highest BCUT2D eigenvalue weighted by molar-refractivity contribution is 5.73. The summed E-state index contributed by atoms with van der Waals surface area (Å²) in [5.41, 5.74) is 7.30. The van der Waals surface area contributed by atoms with Crippen LogP contribution in [-0.4, -0.2) is 5.97 Å². The Labute approximate surface area is 115 Å². The van der Waals surface area contributed by atoms with Crippen molar-refractivity contribution in [3.05, 3.63) is 65.2 Å². The van der Waals surface area contributed by atoms with Crippen LogP contribution in [0.1, 0.15) is 11.1 Å². The predicted molar refractivity (Wildman–Crippen MR) is 70.7 cm³/mol. The molecule has 0 radical (unpaired) electrons. The van der Waals surface area contributed by atoms with Gasteiger partial charge in [0, 0.05) is 5.69 Å². The van der Waals surface area contributed by atoms with Gasteiger partial charge in [0.2, 0.25) is 0 Å². The van der Waals surface area contributed by atoms with Crippen molar-refractivity contribution in [2.45, 2.75) is 13.0 Å². The third kappa shape index (κ3) is 3.78. The summed E-state index contributed by atoms with van der Waals surface area (Å²) in [6.07, 6.45) is 0.0781. The Morgan fingerprint density at radius 3 is 2.55 bits per heavy atom. The van der Waals surface area contributed by atoms with E-state index in [-0.39, 0.29) is 13.0 Å². The van der Waals surface area contributed by atoms with E-state index < -0.39 is 17.6 Å². The average molecular weight is 277 g/mol. The van der Waals surface area contributed by atoms with Gasteiger partial charge in [-0.2, -0.15) is 0 Å². The summed E-state index contributed by atoms with van der Waals surface area (Å²) in [5.74, 6) is -2.35. The van der Waals surface area contributed by atoms with Gasteiger partial charge < -0.3 is 10.5 Å². The van der Waals surface area contributed by atoms with Crippen LogP contribution in [0.4, 0.5) is 14.5 Å². The lowest BCUT2D eigenvalue weighted by Crippen LogP contribution is -2.08. The first-order chi connectivity index (χ1) is 9.54. The van der Waals surface area contributed by atoms with Crippen LogP contribution in [0.5, 0.6) is 0 Å². The molecule has 0 aromatic heterocycles. The molecule has 0 saturated carbocycles. The van der Waals surface area contributed by atoms with Crippen LogP contribution in [-0.2, 0) is 22.6 Å². The highest BCUT2D eigenvalue weighted by Gasteiger charge is 2.07. The fourth-order valence-corrected chi connectivity index (χ4v) is 1.71. The van der Waals surface area contributed by atoms with E-state index in [9.17, 15) is 13.6 Å². The number of nitrogen functional groups attached to an aromatic ring is 1. The van der Waals surface area contributed by atoms with Gasteiger partial charge in [0.05, 0.1) is 6.42 Å². The molecule has 0 fully saturated rings. The Hall–Kier alpha value is -2.43. The highest BCUT2D eigenvalue weighted by atomic mass is 19.2. The number of carbonyl (C=O) groups excluding carboxylic acids is 1. The highest BCUT2D eigenvalue weighted by Crippen LogP contribution is 2.11. The van der Waals surface area contributed by atoms with Crippen molar-refractivity contribution in [1.29, 1.82) is 0 Å². The van der Waals surface area contributed by atoms with Gasteiger partial charge in [0.1, 0.15) is 6.61 Å². The van der Waals surface area contributed by atoms with Gasteiger partial charge in [-0.3, -0.25) is 4.79 Å². The van der Waals surface area contributed by atoms with Crippen LogP contribution in [0.25, 0.3) is 0 Å². The van der Waals surface area contributed by atoms with Crippen LogP contribution in [0.3, 0.4) is 0 Å². The van der Waals surface area contributed by atoms with Gasteiger partial charge in [-0.25, -0.2) is 8.78 Å². The molecule has 0 unspecified atom stereocenters. The molecule has 2 rings (SSSR count). The van der Waals surface area contributed by atoms with Crippen molar-refractivity contribution in [3.63, 3.8) is 0 Å². The number of carbonyl (C=O) groups is 1. The van der Waals surface area contributed by atoms with E-state index >= 15 is 0 Å². The second-order valence-corrected chi connectivity index (χ2v) is 4.33. The normalized spacial score (nSPS) is 10.3. The number of anilines is 1. The first-order valence-corrected chi connectivity index (χ1v) is 5.98. The zero-order chi connectivity index (χ0) is 14.5. The van der Waals surface area contributed by atoms with Crippen LogP contribution < -0.4 is 5.73 Å². The van der Waals surface area contributed by atoms with Gasteiger partial charge in [0.25, 0.3) is 0 Å². The number of halogens is 2. The van der Waals surface area contributed by atoms with Crippen LogP contribution in [0, 0.1) is 11.6 Å². The van der Waals surface area contributed by atoms with Crippen LogP contribution in [0.15, 0.2) is 42.5 Å². The molecule has 0 amide bonds. The van der Waals surface area contributed by atoms with E-state index in [0.717, 1.165) is 17.7 Å². The maximum absolute atomic E-state index is 13.0. The molecule has 104 valence electrons. The summed E-state index contributed by atoms with van der Waals surface area (Å²) in [7, 11) is 0. The maximum atomic E-state index is 13.0. The topological polar surface area (TPSA) is 52.3 Å². The number of esters is 1. The summed E-state index contributed by atoms with van der Waals surface area (Å²) >= 11 is 0. The molecular weight excluding hydrogens is 264 g/mol. The first kappa shape index (κ1) is 14.0. The number of rotatable bonds is 4. The zero-order valence-corrected chi connectivity index (χ0v) is 10.6. The molecule has 2 aromatic rings. The number of nitrogens with two attached hydrogens (primary N) is 1. The summed E-state index contributed by atoms with van der Waals surface area (Å²) < 4.78 is 30.7. The smallest absolute Gasteiger partial charge is 0.310 e. The van der Waals surface area contributed by atoms with Crippen molar-refractivity contribution in [2.75, 3.05) is 5.73 Å². The van der Waals surface area contributed by atoms with Crippen LogP contribution in [0.2, 0.25) is 0 Å². The van der Waals surface area contributed by atoms with Crippen LogP contribution >= 0.6 is 0 Å². The van der Waals surface area contributed by atoms with Crippen molar-refractivity contribution in [3.8, 4) is 0 Å². The van der Waals surface area contributed by atoms with Gasteiger partial charge in [-0.15, -0.1) is 0 Å². The molecule has 0 bridgehead atoms. The van der Waals surface area contributed by atoms with Gasteiger partial charge in [0.15, 0.2) is 11.6 Å². The molecule has 5 heteroatoms. The summed E-state index contributed by atoms with van der Waals surface area (Å²) in [5, 5.41) is 0. The van der Waals surface area contributed by atoms with Gasteiger partial charge in [-0.1, -0.05) is 18.2 Å². The number of hydrogen-bond acceptors (Lipinski definition) is 3. The summed E-state index contributed by atoms with van der Waals surface area (Å²) in [4.78, 5) is 11.6. The minimum Gasteiger partial charge on any atom is -0.461 e. The fourth-order valence-electron chi connectivity index (χ4n) is 1.71. The standard InChI is InChI=1S/C15H13F2NO2/c16-13-5-4-11(7-14(13)17)9-20-15(19)8-10-2-1-3-12(18)6-10/h1-7H,8-9,18H2. The Balaban J connectivity index is 1.90. The molecule has 20 heavy (non-hydrogen) atoms. The van der Waals surface area contributed by atoms with E-state index in [1.54, 1.807) is 24.3 Å². The Kier molecular flexibility index (Phi) is 4.30. The molecule has 0 atom stereocenters. The van der Waals surface area contributed by atoms with Crippen molar-refractivity contribution in [1.82, 2.24) is 0 Å². The third-order valence-corrected chi connectivity index (χ3v) is 2.68. The minimum absolute atomic E-state index is 0.0781. The largest absolute Gasteiger partial charge is 0.461 e. The molecule has 0 aliphatic carbocycles. The lowest BCUT2D eigenvalue weighted by molar-refractivity contribution is -0.144. The fraction of sp³-hybridized carbons (Fsp3) is 0.133. The number of benzene rings is 2. The lowest BCUT2D eigenvalue weighted by Gasteiger charge is -2.06. The van der Waals surface area contributed by atoms with Crippen molar-refractivity contribution >= 4 is 11.7 Å². The second kappa shape index (κ2) is 6.14. The van der Waals surface area contributed by atoms with E-state index in [0.29, 0.717) is 11.3 Å². The van der Waals surface area contributed by atoms with Crippen molar-refractivity contribution in [2.24, 2.45) is 0 Å². The van der Waals surface area contributed by atoms with E-state index in [4.69, 9.17) is 10.5 Å². The minimum atomic E-state index is -0.964. The van der Waals surface area contributed by atoms with Gasteiger partial charge in [-0.05, 0) is 35.4 Å². The monoisotopic (exact) mass is 277 g/mol. The molecule has 0 saturated heterocycles. The first-order valence-electron chi connectivity index (χ1n) is 5.98. The molecule has 3 nitrogen and oxygen atoms in total.